The quantitative estimate of drug-likeness (QED) is 0.617. The summed E-state index contributed by atoms with van der Waals surface area (Å²) in [7, 11) is 0. The van der Waals surface area contributed by atoms with Crippen molar-refractivity contribution in [2.24, 2.45) is 0 Å². The molecule has 4 nitrogen and oxygen atoms in total. The first-order valence-corrected chi connectivity index (χ1v) is 8.95. The summed E-state index contributed by atoms with van der Waals surface area (Å²) < 4.78 is 18.6. The SMILES string of the molecule is CC(C)(C)c1cc(-c2nc(-c3ccc(F)cc3)no2)c(O)c(C(C)(C)C)c1. The summed E-state index contributed by atoms with van der Waals surface area (Å²) >= 11 is 0. The minimum absolute atomic E-state index is 0.109. The zero-order valence-electron chi connectivity index (χ0n) is 16.6. The maximum atomic E-state index is 13.1. The molecule has 5 heteroatoms. The molecule has 0 aliphatic carbocycles. The zero-order chi connectivity index (χ0) is 20.0. The van der Waals surface area contributed by atoms with Crippen LogP contribution in [0.5, 0.6) is 5.75 Å². The molecule has 2 aromatic carbocycles. The molecule has 0 aliphatic heterocycles. The van der Waals surface area contributed by atoms with E-state index in [0.717, 1.165) is 11.1 Å². The standard InChI is InChI=1S/C22H25FN2O2/c1-21(2,3)14-11-16(18(26)17(12-14)22(4,5)6)20-24-19(25-27-20)13-7-9-15(23)10-8-13/h7-12,26H,1-6H3. The van der Waals surface area contributed by atoms with Crippen LogP contribution in [0.25, 0.3) is 22.8 Å². The van der Waals surface area contributed by atoms with Crippen molar-refractivity contribution in [2.45, 2.75) is 52.4 Å². The molecule has 0 radical (unpaired) electrons. The topological polar surface area (TPSA) is 59.2 Å². The first kappa shape index (κ1) is 19.1. The molecule has 3 rings (SSSR count). The Bertz CT molecular complexity index is 961. The van der Waals surface area contributed by atoms with E-state index >= 15 is 0 Å². The second-order valence-corrected chi connectivity index (χ2v) is 8.85. The molecule has 142 valence electrons. The Hall–Kier alpha value is -2.69. The highest BCUT2D eigenvalue weighted by molar-refractivity contribution is 5.69. The van der Waals surface area contributed by atoms with E-state index in [-0.39, 0.29) is 28.3 Å². The number of hydrogen-bond donors (Lipinski definition) is 1. The van der Waals surface area contributed by atoms with Crippen molar-refractivity contribution in [2.75, 3.05) is 0 Å². The van der Waals surface area contributed by atoms with Crippen LogP contribution >= 0.6 is 0 Å². The summed E-state index contributed by atoms with van der Waals surface area (Å²) in [4.78, 5) is 4.43. The van der Waals surface area contributed by atoms with Gasteiger partial charge in [0.1, 0.15) is 11.6 Å². The van der Waals surface area contributed by atoms with E-state index in [2.05, 4.69) is 51.7 Å². The highest BCUT2D eigenvalue weighted by Crippen LogP contribution is 2.41. The first-order chi connectivity index (χ1) is 12.5. The Kier molecular flexibility index (Phi) is 4.58. The fraction of sp³-hybridized carbons (Fsp3) is 0.364. The van der Waals surface area contributed by atoms with Gasteiger partial charge >= 0.3 is 0 Å². The van der Waals surface area contributed by atoms with Crippen molar-refractivity contribution in [1.29, 1.82) is 0 Å². The number of benzene rings is 2. The van der Waals surface area contributed by atoms with E-state index in [4.69, 9.17) is 4.52 Å². The van der Waals surface area contributed by atoms with Crippen LogP contribution in [0, 0.1) is 5.82 Å². The van der Waals surface area contributed by atoms with Crippen LogP contribution in [0.15, 0.2) is 40.9 Å². The van der Waals surface area contributed by atoms with E-state index < -0.39 is 0 Å². The molecule has 1 N–H and O–H groups in total. The molecule has 0 saturated carbocycles. The summed E-state index contributed by atoms with van der Waals surface area (Å²) in [6, 6.07) is 9.82. The third kappa shape index (κ3) is 3.87. The van der Waals surface area contributed by atoms with Crippen molar-refractivity contribution < 1.29 is 14.0 Å². The molecular weight excluding hydrogens is 343 g/mol. The molecule has 0 fully saturated rings. The van der Waals surface area contributed by atoms with Crippen molar-refractivity contribution in [3.63, 3.8) is 0 Å². The Morgan fingerprint density at radius 1 is 0.926 bits per heavy atom. The minimum atomic E-state index is -0.326. The molecule has 0 unspecified atom stereocenters. The van der Waals surface area contributed by atoms with Gasteiger partial charge in [-0.05, 0) is 46.7 Å². The third-order valence-electron chi connectivity index (χ3n) is 4.54. The fourth-order valence-electron chi connectivity index (χ4n) is 2.85. The van der Waals surface area contributed by atoms with Crippen molar-refractivity contribution >= 4 is 0 Å². The van der Waals surface area contributed by atoms with Gasteiger partial charge in [0.15, 0.2) is 0 Å². The molecule has 0 amide bonds. The van der Waals surface area contributed by atoms with Crippen LogP contribution in [-0.4, -0.2) is 15.2 Å². The number of aromatic nitrogens is 2. The monoisotopic (exact) mass is 368 g/mol. The van der Waals surface area contributed by atoms with Gasteiger partial charge in [0.05, 0.1) is 5.56 Å². The smallest absolute Gasteiger partial charge is 0.262 e. The van der Waals surface area contributed by atoms with Crippen LogP contribution in [0.4, 0.5) is 4.39 Å². The Balaban J connectivity index is 2.15. The highest BCUT2D eigenvalue weighted by atomic mass is 19.1. The third-order valence-corrected chi connectivity index (χ3v) is 4.54. The minimum Gasteiger partial charge on any atom is -0.507 e. The van der Waals surface area contributed by atoms with Gasteiger partial charge in [0, 0.05) is 11.1 Å². The Labute approximate surface area is 159 Å². The van der Waals surface area contributed by atoms with Gasteiger partial charge in [-0.25, -0.2) is 4.39 Å². The lowest BCUT2D eigenvalue weighted by Gasteiger charge is -2.26. The number of phenols is 1. The lowest BCUT2D eigenvalue weighted by Crippen LogP contribution is -2.17. The normalized spacial score (nSPS) is 12.4. The lowest BCUT2D eigenvalue weighted by molar-refractivity contribution is 0.419. The van der Waals surface area contributed by atoms with Crippen molar-refractivity contribution in [1.82, 2.24) is 10.1 Å². The van der Waals surface area contributed by atoms with Crippen molar-refractivity contribution in [3.8, 4) is 28.6 Å². The highest BCUT2D eigenvalue weighted by Gasteiger charge is 2.27. The number of phenolic OH excluding ortho intramolecular Hbond substituents is 1. The van der Waals surface area contributed by atoms with Gasteiger partial charge in [-0.15, -0.1) is 0 Å². The van der Waals surface area contributed by atoms with Crippen LogP contribution in [0.2, 0.25) is 0 Å². The van der Waals surface area contributed by atoms with Crippen LogP contribution in [-0.2, 0) is 10.8 Å². The first-order valence-electron chi connectivity index (χ1n) is 8.95. The second kappa shape index (κ2) is 6.48. The zero-order valence-corrected chi connectivity index (χ0v) is 16.6. The Morgan fingerprint density at radius 2 is 1.56 bits per heavy atom. The summed E-state index contributed by atoms with van der Waals surface area (Å²) in [5, 5.41) is 14.9. The van der Waals surface area contributed by atoms with Crippen molar-refractivity contribution in [3.05, 3.63) is 53.3 Å². The summed E-state index contributed by atoms with van der Waals surface area (Å²) in [6.45, 7) is 12.5. The summed E-state index contributed by atoms with van der Waals surface area (Å²) in [5.41, 5.74) is 2.69. The molecular formula is C22H25FN2O2. The maximum Gasteiger partial charge on any atom is 0.262 e. The lowest BCUT2D eigenvalue weighted by atomic mass is 9.79. The number of aromatic hydroxyl groups is 1. The average molecular weight is 368 g/mol. The van der Waals surface area contributed by atoms with Gasteiger partial charge in [-0.3, -0.25) is 0 Å². The predicted octanol–water partition coefficient (Wildman–Crippen LogP) is 5.84. The molecule has 3 aromatic rings. The largest absolute Gasteiger partial charge is 0.507 e. The van der Waals surface area contributed by atoms with E-state index in [1.54, 1.807) is 12.1 Å². The number of hydrogen-bond acceptors (Lipinski definition) is 4. The number of halogens is 1. The number of nitrogens with zero attached hydrogens (tertiary/aromatic N) is 2. The molecule has 0 bridgehead atoms. The molecule has 1 heterocycles. The predicted molar refractivity (Wildman–Crippen MR) is 104 cm³/mol. The molecule has 27 heavy (non-hydrogen) atoms. The van der Waals surface area contributed by atoms with Crippen LogP contribution < -0.4 is 0 Å². The van der Waals surface area contributed by atoms with Gasteiger partial charge in [0.2, 0.25) is 5.82 Å². The summed E-state index contributed by atoms with van der Waals surface area (Å²) in [6.07, 6.45) is 0. The van der Waals surface area contributed by atoms with Gasteiger partial charge in [0.25, 0.3) is 5.89 Å². The molecule has 0 saturated heterocycles. The second-order valence-electron chi connectivity index (χ2n) is 8.85. The molecule has 1 aromatic heterocycles. The van der Waals surface area contributed by atoms with Crippen LogP contribution in [0.1, 0.15) is 52.7 Å². The van der Waals surface area contributed by atoms with E-state index in [0.29, 0.717) is 17.0 Å². The summed E-state index contributed by atoms with van der Waals surface area (Å²) in [5.74, 6) is 0.406. The van der Waals surface area contributed by atoms with E-state index in [1.165, 1.54) is 12.1 Å². The Morgan fingerprint density at radius 3 is 2.11 bits per heavy atom. The maximum absolute atomic E-state index is 13.1. The van der Waals surface area contributed by atoms with Gasteiger partial charge in [-0.1, -0.05) is 52.8 Å². The van der Waals surface area contributed by atoms with Gasteiger partial charge in [-0.2, -0.15) is 4.98 Å². The molecule has 0 aliphatic rings. The number of rotatable bonds is 2. The van der Waals surface area contributed by atoms with E-state index in [1.807, 2.05) is 12.1 Å². The van der Waals surface area contributed by atoms with Crippen LogP contribution in [0.3, 0.4) is 0 Å². The molecule has 0 atom stereocenters. The van der Waals surface area contributed by atoms with E-state index in [9.17, 15) is 9.50 Å². The average Bonchev–Trinajstić information content (AvgIpc) is 3.03. The van der Waals surface area contributed by atoms with Gasteiger partial charge < -0.3 is 9.63 Å². The fourth-order valence-corrected chi connectivity index (χ4v) is 2.85. The molecule has 0 spiro atoms.